The summed E-state index contributed by atoms with van der Waals surface area (Å²) in [5.74, 6) is 0.625. The van der Waals surface area contributed by atoms with Crippen LogP contribution in [0.3, 0.4) is 0 Å². The van der Waals surface area contributed by atoms with E-state index in [1.165, 1.54) is 24.9 Å². The van der Waals surface area contributed by atoms with Crippen LogP contribution in [0.4, 0.5) is 21.9 Å². The molecule has 0 saturated carbocycles. The minimum Gasteiger partial charge on any atom is -0.490 e. The number of urea groups is 1. The third-order valence-electron chi connectivity index (χ3n) is 3.78. The highest BCUT2D eigenvalue weighted by molar-refractivity contribution is 7.99. The van der Waals surface area contributed by atoms with Crippen LogP contribution in [-0.4, -0.2) is 36.3 Å². The first kappa shape index (κ1) is 22.8. The van der Waals surface area contributed by atoms with Crippen molar-refractivity contribution in [3.05, 3.63) is 70.8 Å². The van der Waals surface area contributed by atoms with E-state index in [2.05, 4.69) is 22.5 Å². The van der Waals surface area contributed by atoms with Crippen molar-refractivity contribution in [2.24, 2.45) is 0 Å². The zero-order valence-electron chi connectivity index (χ0n) is 16.3. The lowest BCUT2D eigenvalue weighted by Crippen LogP contribution is -2.28. The predicted octanol–water partition coefficient (Wildman–Crippen LogP) is 3.78. The number of carbonyl (C=O) groups is 2. The Morgan fingerprint density at radius 1 is 1.17 bits per heavy atom. The molecule has 0 radical (unpaired) electrons. The van der Waals surface area contributed by atoms with Gasteiger partial charge in [-0.25, -0.2) is 4.79 Å². The Labute approximate surface area is 178 Å². The zero-order chi connectivity index (χ0) is 21.9. The van der Waals surface area contributed by atoms with Crippen LogP contribution in [0.5, 0.6) is 5.75 Å². The Balaban J connectivity index is 1.81. The summed E-state index contributed by atoms with van der Waals surface area (Å²) in [6, 6.07) is 11.1. The number of nitrogens with zero attached hydrogens (tertiary/aromatic N) is 1. The number of thioether (sulfide) groups is 1. The van der Waals surface area contributed by atoms with Crippen molar-refractivity contribution < 1.29 is 19.2 Å². The molecule has 0 heterocycles. The highest BCUT2D eigenvalue weighted by atomic mass is 32.2. The molecule has 0 atom stereocenters. The van der Waals surface area contributed by atoms with Gasteiger partial charge >= 0.3 is 11.7 Å². The first-order valence-corrected chi connectivity index (χ1v) is 10.0. The molecular weight excluding hydrogens is 408 g/mol. The molecule has 0 aliphatic rings. The molecule has 2 rings (SSSR count). The average molecular weight is 430 g/mol. The minimum atomic E-state index is -0.499. The number of benzene rings is 2. The number of nitro benzene ring substituents is 1. The van der Waals surface area contributed by atoms with E-state index in [0.29, 0.717) is 23.7 Å². The van der Waals surface area contributed by atoms with Crippen LogP contribution in [0, 0.1) is 10.1 Å². The summed E-state index contributed by atoms with van der Waals surface area (Å²) in [5.41, 5.74) is 1.81. The van der Waals surface area contributed by atoms with E-state index < -0.39 is 4.92 Å². The summed E-state index contributed by atoms with van der Waals surface area (Å²) in [4.78, 5) is 34.3. The van der Waals surface area contributed by atoms with Crippen LogP contribution in [-0.2, 0) is 10.5 Å². The van der Waals surface area contributed by atoms with Crippen molar-refractivity contribution in [2.45, 2.75) is 5.75 Å². The number of hydrogen-bond acceptors (Lipinski definition) is 6. The van der Waals surface area contributed by atoms with Gasteiger partial charge in [0.1, 0.15) is 0 Å². The summed E-state index contributed by atoms with van der Waals surface area (Å²) in [6.07, 6.45) is 1.58. The molecule has 2 aromatic rings. The lowest BCUT2D eigenvalue weighted by Gasteiger charge is -2.09. The lowest BCUT2D eigenvalue weighted by molar-refractivity contribution is -0.385. The van der Waals surface area contributed by atoms with Crippen LogP contribution >= 0.6 is 11.8 Å². The summed E-state index contributed by atoms with van der Waals surface area (Å²) < 4.78 is 4.97. The Morgan fingerprint density at radius 3 is 2.43 bits per heavy atom. The van der Waals surface area contributed by atoms with E-state index in [9.17, 15) is 19.7 Å². The van der Waals surface area contributed by atoms with Crippen LogP contribution in [0.1, 0.15) is 5.56 Å². The molecule has 0 fully saturated rings. The highest BCUT2D eigenvalue weighted by Gasteiger charge is 2.15. The van der Waals surface area contributed by atoms with Crippen LogP contribution in [0.15, 0.2) is 55.1 Å². The predicted molar refractivity (Wildman–Crippen MR) is 118 cm³/mol. The number of methoxy groups -OCH3 is 1. The summed E-state index contributed by atoms with van der Waals surface area (Å²) in [6.45, 7) is 3.88. The van der Waals surface area contributed by atoms with Gasteiger partial charge in [-0.3, -0.25) is 14.9 Å². The Hall–Kier alpha value is -3.53. The Kier molecular flexibility index (Phi) is 8.70. The molecule has 0 bridgehead atoms. The standard InChI is InChI=1S/C20H22N4O5S/c1-3-10-21-20(26)23-16-7-5-15(6-8-16)22-19(25)13-30-12-14-4-9-18(29-2)17(11-14)24(27)28/h3-9,11H,1,10,12-13H2,2H3,(H,22,25)(H2,21,23,26). The number of nitrogens with one attached hydrogen (secondary N) is 3. The number of carbonyl (C=O) groups excluding carboxylic acids is 2. The number of hydrogen-bond donors (Lipinski definition) is 3. The fourth-order valence-corrected chi connectivity index (χ4v) is 3.18. The van der Waals surface area contributed by atoms with Crippen molar-refractivity contribution in [2.75, 3.05) is 30.0 Å². The molecule has 30 heavy (non-hydrogen) atoms. The average Bonchev–Trinajstić information content (AvgIpc) is 2.73. The van der Waals surface area contributed by atoms with Gasteiger partial charge in [0.2, 0.25) is 5.91 Å². The van der Waals surface area contributed by atoms with Crippen molar-refractivity contribution in [3.8, 4) is 5.75 Å². The summed E-state index contributed by atoms with van der Waals surface area (Å²) >= 11 is 1.34. The zero-order valence-corrected chi connectivity index (χ0v) is 17.2. The molecule has 2 aromatic carbocycles. The van der Waals surface area contributed by atoms with Crippen molar-refractivity contribution in [3.63, 3.8) is 0 Å². The van der Waals surface area contributed by atoms with Crippen LogP contribution in [0.2, 0.25) is 0 Å². The number of rotatable bonds is 10. The van der Waals surface area contributed by atoms with E-state index in [-0.39, 0.29) is 29.1 Å². The summed E-state index contributed by atoms with van der Waals surface area (Å²) in [7, 11) is 1.38. The molecular formula is C20H22N4O5S. The SMILES string of the molecule is C=CCNC(=O)Nc1ccc(NC(=O)CSCc2ccc(OC)c([N+](=O)[O-])c2)cc1. The smallest absolute Gasteiger partial charge is 0.319 e. The maximum atomic E-state index is 12.1. The third kappa shape index (κ3) is 7.13. The van der Waals surface area contributed by atoms with E-state index >= 15 is 0 Å². The number of ether oxygens (including phenoxy) is 1. The normalized spacial score (nSPS) is 10.0. The quantitative estimate of drug-likeness (QED) is 0.299. The second kappa shape index (κ2) is 11.5. The molecule has 0 spiro atoms. The molecule has 0 saturated heterocycles. The molecule has 0 aliphatic heterocycles. The molecule has 158 valence electrons. The van der Waals surface area contributed by atoms with Gasteiger partial charge < -0.3 is 20.7 Å². The molecule has 9 nitrogen and oxygen atoms in total. The second-order valence-corrected chi connectivity index (χ2v) is 6.99. The molecule has 3 N–H and O–H groups in total. The largest absolute Gasteiger partial charge is 0.490 e. The maximum absolute atomic E-state index is 12.1. The van der Waals surface area contributed by atoms with Gasteiger partial charge in [0.15, 0.2) is 5.75 Å². The van der Waals surface area contributed by atoms with Gasteiger partial charge in [-0.2, -0.15) is 0 Å². The van der Waals surface area contributed by atoms with Gasteiger partial charge in [0.25, 0.3) is 0 Å². The molecule has 10 heteroatoms. The third-order valence-corrected chi connectivity index (χ3v) is 4.78. The van der Waals surface area contributed by atoms with Gasteiger partial charge in [0.05, 0.1) is 17.8 Å². The van der Waals surface area contributed by atoms with E-state index in [4.69, 9.17) is 4.74 Å². The Morgan fingerprint density at radius 2 is 1.83 bits per heavy atom. The topological polar surface area (TPSA) is 123 Å². The van der Waals surface area contributed by atoms with Crippen molar-refractivity contribution in [1.29, 1.82) is 0 Å². The number of anilines is 2. The van der Waals surface area contributed by atoms with Gasteiger partial charge in [0, 0.05) is 29.7 Å². The lowest BCUT2D eigenvalue weighted by atomic mass is 10.2. The fraction of sp³-hybridized carbons (Fsp3) is 0.200. The first-order valence-electron chi connectivity index (χ1n) is 8.87. The summed E-state index contributed by atoms with van der Waals surface area (Å²) in [5, 5.41) is 19.1. The van der Waals surface area contributed by atoms with Crippen molar-refractivity contribution >= 4 is 40.8 Å². The molecule has 0 unspecified atom stereocenters. The van der Waals surface area contributed by atoms with E-state index in [0.717, 1.165) is 5.56 Å². The highest BCUT2D eigenvalue weighted by Crippen LogP contribution is 2.29. The monoisotopic (exact) mass is 430 g/mol. The van der Waals surface area contributed by atoms with Gasteiger partial charge in [-0.15, -0.1) is 18.3 Å². The fourth-order valence-electron chi connectivity index (χ4n) is 2.40. The molecule has 0 aromatic heterocycles. The van der Waals surface area contributed by atoms with E-state index in [1.807, 2.05) is 0 Å². The minimum absolute atomic E-state index is 0.105. The van der Waals surface area contributed by atoms with Crippen LogP contribution < -0.4 is 20.7 Å². The van der Waals surface area contributed by atoms with Crippen LogP contribution in [0.25, 0.3) is 0 Å². The second-order valence-electron chi connectivity index (χ2n) is 6.01. The number of nitro groups is 1. The molecule has 0 aliphatic carbocycles. The number of amides is 3. The van der Waals surface area contributed by atoms with Gasteiger partial charge in [-0.05, 0) is 35.9 Å². The Bertz CT molecular complexity index is 918. The van der Waals surface area contributed by atoms with E-state index in [1.54, 1.807) is 42.5 Å². The first-order chi connectivity index (χ1) is 14.4. The maximum Gasteiger partial charge on any atom is 0.319 e. The molecule has 3 amide bonds. The van der Waals surface area contributed by atoms with Crippen molar-refractivity contribution in [1.82, 2.24) is 5.32 Å². The van der Waals surface area contributed by atoms with Gasteiger partial charge in [-0.1, -0.05) is 12.1 Å².